The van der Waals surface area contributed by atoms with Gasteiger partial charge in [0.2, 0.25) is 0 Å². The molecule has 0 aliphatic carbocycles. The minimum atomic E-state index is -0.500. The highest BCUT2D eigenvalue weighted by atomic mass is 16.6. The van der Waals surface area contributed by atoms with Crippen LogP contribution < -0.4 is 28.4 Å². The fourth-order valence-corrected chi connectivity index (χ4v) is 8.07. The molecule has 0 saturated heterocycles. The van der Waals surface area contributed by atoms with Gasteiger partial charge in [-0.05, 0) is 72.8 Å². The van der Waals surface area contributed by atoms with Crippen molar-refractivity contribution < 1.29 is 48.1 Å². The molecule has 0 fully saturated rings. The van der Waals surface area contributed by atoms with Gasteiger partial charge in [0.05, 0.1) is 19.7 Å². The number of rotatable bonds is 13. The van der Waals surface area contributed by atoms with E-state index in [2.05, 4.69) is 0 Å². The maximum Gasteiger partial charge on any atom is 0.269 e. The second-order valence-electron chi connectivity index (χ2n) is 15.4. The van der Waals surface area contributed by atoms with Crippen LogP contribution in [0.5, 0.6) is 69.0 Å². The maximum atomic E-state index is 11.3. The summed E-state index contributed by atoms with van der Waals surface area (Å²) in [6.07, 6.45) is 0. The lowest BCUT2D eigenvalue weighted by molar-refractivity contribution is -0.385. The first kappa shape index (κ1) is 42.1. The number of nitro benzene ring substituents is 4. The molecule has 8 aromatic carbocycles. The van der Waals surface area contributed by atoms with Gasteiger partial charge in [-0.2, -0.15) is 0 Å². The molecule has 0 saturated carbocycles. The van der Waals surface area contributed by atoms with Crippen molar-refractivity contribution in [3.8, 4) is 69.0 Å². The van der Waals surface area contributed by atoms with Crippen LogP contribution in [-0.4, -0.2) is 19.7 Å². The molecule has 10 rings (SSSR count). The van der Waals surface area contributed by atoms with E-state index in [1.165, 1.54) is 97.1 Å². The van der Waals surface area contributed by atoms with Gasteiger partial charge in [-0.15, -0.1) is 0 Å². The summed E-state index contributed by atoms with van der Waals surface area (Å²) in [6, 6.07) is 44.2. The van der Waals surface area contributed by atoms with Crippen LogP contribution in [0.1, 0.15) is 34.1 Å². The Balaban J connectivity index is 1.08. The van der Waals surface area contributed by atoms with Crippen molar-refractivity contribution in [1.82, 2.24) is 0 Å². The van der Waals surface area contributed by atoms with Gasteiger partial charge < -0.3 is 28.4 Å². The summed E-state index contributed by atoms with van der Waals surface area (Å²) in [7, 11) is 0. The zero-order valence-electron chi connectivity index (χ0n) is 34.8. The van der Waals surface area contributed by atoms with E-state index in [0.717, 1.165) is 22.3 Å². The zero-order valence-corrected chi connectivity index (χ0v) is 34.8. The summed E-state index contributed by atoms with van der Waals surface area (Å²) in [6.45, 7) is 0. The van der Waals surface area contributed by atoms with Crippen LogP contribution in [0.25, 0.3) is 0 Å². The number of ether oxygens (including phenoxy) is 6. The predicted octanol–water partition coefficient (Wildman–Crippen LogP) is 13.7. The van der Waals surface area contributed by atoms with Gasteiger partial charge in [-0.1, -0.05) is 24.3 Å². The number of benzene rings is 8. The first-order chi connectivity index (χ1) is 32.9. The summed E-state index contributed by atoms with van der Waals surface area (Å²) in [5.41, 5.74) is 2.68. The van der Waals surface area contributed by atoms with Crippen molar-refractivity contribution in [3.05, 3.63) is 233 Å². The van der Waals surface area contributed by atoms with Gasteiger partial charge >= 0.3 is 0 Å². The Kier molecular flexibility index (Phi) is 10.7. The smallest absolute Gasteiger partial charge is 0.269 e. The molecule has 0 atom stereocenters. The van der Waals surface area contributed by atoms with E-state index in [1.54, 1.807) is 48.5 Å². The van der Waals surface area contributed by atoms with E-state index in [9.17, 15) is 40.5 Å². The number of fused-ring (bicyclic) bond motifs is 4. The molecule has 0 unspecified atom stereocenters. The van der Waals surface area contributed by atoms with Gasteiger partial charge in [-0.3, -0.25) is 40.5 Å². The third kappa shape index (κ3) is 8.46. The third-order valence-corrected chi connectivity index (χ3v) is 11.2. The highest BCUT2D eigenvalue weighted by Crippen LogP contribution is 2.59. The average molecular weight is 911 g/mol. The largest absolute Gasteiger partial charge is 0.457 e. The second-order valence-corrected chi connectivity index (χ2v) is 15.4. The molecular formula is C50H30N4O14. The van der Waals surface area contributed by atoms with Crippen LogP contribution in [0.15, 0.2) is 170 Å². The van der Waals surface area contributed by atoms with Crippen LogP contribution >= 0.6 is 0 Å². The van der Waals surface area contributed by atoms with Gasteiger partial charge in [0.15, 0.2) is 0 Å². The Labute approximate surface area is 383 Å². The Bertz CT molecular complexity index is 2870. The van der Waals surface area contributed by atoms with Gasteiger partial charge in [0.1, 0.15) is 69.0 Å². The number of nitrogens with zero attached hydrogens (tertiary/aromatic N) is 4. The first-order valence-corrected chi connectivity index (χ1v) is 20.5. The van der Waals surface area contributed by atoms with E-state index < -0.39 is 31.5 Å². The van der Waals surface area contributed by atoms with Crippen LogP contribution in [0.2, 0.25) is 0 Å². The molecule has 334 valence electrons. The molecule has 0 N–H and O–H groups in total. The van der Waals surface area contributed by atoms with Crippen LogP contribution in [0.3, 0.4) is 0 Å². The van der Waals surface area contributed by atoms with Crippen molar-refractivity contribution >= 4 is 22.7 Å². The van der Waals surface area contributed by atoms with E-state index in [-0.39, 0.29) is 22.7 Å². The van der Waals surface area contributed by atoms with E-state index in [4.69, 9.17) is 28.4 Å². The molecule has 18 heteroatoms. The Morgan fingerprint density at radius 1 is 0.294 bits per heavy atom. The lowest BCUT2D eigenvalue weighted by atomic mass is 9.71. The molecule has 0 bridgehead atoms. The highest BCUT2D eigenvalue weighted by molar-refractivity contribution is 5.66. The van der Waals surface area contributed by atoms with E-state index >= 15 is 0 Å². The van der Waals surface area contributed by atoms with Gasteiger partial charge in [0, 0.05) is 107 Å². The van der Waals surface area contributed by atoms with Gasteiger partial charge in [0.25, 0.3) is 22.7 Å². The molecular weight excluding hydrogens is 881 g/mol. The molecule has 0 radical (unpaired) electrons. The molecule has 2 aliphatic heterocycles. The summed E-state index contributed by atoms with van der Waals surface area (Å²) >= 11 is 0. The molecule has 0 amide bonds. The summed E-state index contributed by atoms with van der Waals surface area (Å²) in [5, 5.41) is 45.2. The van der Waals surface area contributed by atoms with Crippen molar-refractivity contribution in [1.29, 1.82) is 0 Å². The minimum Gasteiger partial charge on any atom is -0.457 e. The highest BCUT2D eigenvalue weighted by Gasteiger charge is 2.41. The summed E-state index contributed by atoms with van der Waals surface area (Å²) in [5.74, 6) is 3.69. The lowest BCUT2D eigenvalue weighted by Crippen LogP contribution is -2.22. The fraction of sp³-hybridized carbons (Fsp3) is 0.0400. The second kappa shape index (κ2) is 17.3. The Hall–Kier alpha value is -9.84. The van der Waals surface area contributed by atoms with Crippen LogP contribution in [0.4, 0.5) is 22.7 Å². The number of non-ortho nitro benzene ring substituents is 4. The van der Waals surface area contributed by atoms with Crippen molar-refractivity contribution in [3.63, 3.8) is 0 Å². The lowest BCUT2D eigenvalue weighted by Gasteiger charge is -2.38. The Morgan fingerprint density at radius 2 is 0.485 bits per heavy atom. The normalized spacial score (nSPS) is 12.4. The first-order valence-electron chi connectivity index (χ1n) is 20.5. The molecule has 8 aromatic rings. The maximum absolute atomic E-state index is 11.3. The van der Waals surface area contributed by atoms with Crippen molar-refractivity contribution in [2.45, 2.75) is 11.8 Å². The molecule has 18 nitrogen and oxygen atoms in total. The van der Waals surface area contributed by atoms with Crippen LogP contribution in [0, 0.1) is 40.5 Å². The minimum absolute atomic E-state index is 0.0931. The third-order valence-electron chi connectivity index (χ3n) is 11.2. The average Bonchev–Trinajstić information content (AvgIpc) is 3.33. The van der Waals surface area contributed by atoms with Crippen molar-refractivity contribution in [2.24, 2.45) is 0 Å². The standard InChI is InChI=1S/C50H30N4O14/c55-51(56)29-1-9-33(10-2-29)63-37-17-21-41-45(25-37)67-46-26-38(64-34-11-3-30(4-12-34)52(57)58)18-22-42(46)49(41)50-43-23-19-39(65-35-13-5-31(6-14-35)53(59)60)27-47(43)68-48-28-40(20-24-44(48)50)66-36-15-7-32(8-16-36)54(61)62/h1-28,49-50H. The monoisotopic (exact) mass is 910 g/mol. The van der Waals surface area contributed by atoms with E-state index in [0.29, 0.717) is 69.0 Å². The molecule has 2 aliphatic rings. The summed E-state index contributed by atoms with van der Waals surface area (Å²) < 4.78 is 38.0. The SMILES string of the molecule is O=[N+]([O-])c1ccc(Oc2ccc3c(c2)Oc2cc(Oc4ccc([N+](=O)[O-])cc4)ccc2C3C2c3ccc(Oc4ccc([N+](=O)[O-])cc4)cc3Oc3cc(Oc4ccc([N+](=O)[O-])cc4)ccc32)cc1. The quantitative estimate of drug-likeness (QED) is 0.0774. The van der Waals surface area contributed by atoms with Crippen LogP contribution in [-0.2, 0) is 0 Å². The Morgan fingerprint density at radius 3 is 0.676 bits per heavy atom. The number of hydrogen-bond donors (Lipinski definition) is 0. The van der Waals surface area contributed by atoms with Gasteiger partial charge in [-0.25, -0.2) is 0 Å². The van der Waals surface area contributed by atoms with E-state index in [1.807, 2.05) is 24.3 Å². The molecule has 0 spiro atoms. The fourth-order valence-electron chi connectivity index (χ4n) is 8.07. The summed E-state index contributed by atoms with van der Waals surface area (Å²) in [4.78, 5) is 43.2. The molecule has 0 aromatic heterocycles. The number of nitro groups is 4. The predicted molar refractivity (Wildman–Crippen MR) is 242 cm³/mol. The number of hydrogen-bond acceptors (Lipinski definition) is 14. The van der Waals surface area contributed by atoms with Crippen molar-refractivity contribution in [2.75, 3.05) is 0 Å². The zero-order chi connectivity index (χ0) is 47.1. The topological polar surface area (TPSA) is 228 Å². The molecule has 68 heavy (non-hydrogen) atoms. The molecule has 2 heterocycles.